The zero-order valence-electron chi connectivity index (χ0n) is 22.8. The quantitative estimate of drug-likeness (QED) is 0.372. The summed E-state index contributed by atoms with van der Waals surface area (Å²) in [5.41, 5.74) is 2.79. The standard InChI is InChI=1S/C31H54O/c1-21(2)10-9-11-22(3)26-14-15-27-25-13-12-23-20-24(32-29(4,5)6)16-18-30(23,7)28(25)17-19-31(26,27)8/h12,21-22,24-28H,9-11,13-20H2,1-8H3/t22-,24+,25+,26?,27+,28+,30+,31-/m1/s1. The van der Waals surface area contributed by atoms with Gasteiger partial charge in [0.05, 0.1) is 11.7 Å². The topological polar surface area (TPSA) is 9.23 Å². The first kappa shape index (κ1) is 24.8. The van der Waals surface area contributed by atoms with E-state index in [-0.39, 0.29) is 5.60 Å². The molecule has 1 heteroatoms. The van der Waals surface area contributed by atoms with E-state index in [1.165, 1.54) is 70.6 Å². The maximum atomic E-state index is 6.44. The predicted octanol–water partition coefficient (Wildman–Crippen LogP) is 9.21. The Balaban J connectivity index is 1.46. The first-order valence-electron chi connectivity index (χ1n) is 14.3. The maximum absolute atomic E-state index is 6.44. The van der Waals surface area contributed by atoms with Gasteiger partial charge in [-0.3, -0.25) is 0 Å². The predicted molar refractivity (Wildman–Crippen MR) is 138 cm³/mol. The van der Waals surface area contributed by atoms with E-state index in [9.17, 15) is 0 Å². The van der Waals surface area contributed by atoms with Gasteiger partial charge >= 0.3 is 0 Å². The number of hydrogen-bond donors (Lipinski definition) is 0. The third-order valence-corrected chi connectivity index (χ3v) is 10.8. The van der Waals surface area contributed by atoms with Crippen LogP contribution in [0.25, 0.3) is 0 Å². The second-order valence-corrected chi connectivity index (χ2v) is 14.4. The van der Waals surface area contributed by atoms with E-state index in [1.807, 2.05) is 0 Å². The van der Waals surface area contributed by atoms with Crippen LogP contribution in [0.1, 0.15) is 126 Å². The van der Waals surface area contributed by atoms with Crippen molar-refractivity contribution in [3.8, 4) is 0 Å². The summed E-state index contributed by atoms with van der Waals surface area (Å²) < 4.78 is 6.44. The normalized spacial score (nSPS) is 42.8. The van der Waals surface area contributed by atoms with Crippen LogP contribution in [0.4, 0.5) is 0 Å². The number of allylic oxidation sites excluding steroid dienone is 1. The van der Waals surface area contributed by atoms with E-state index in [2.05, 4.69) is 61.5 Å². The van der Waals surface area contributed by atoms with E-state index in [1.54, 1.807) is 5.57 Å². The minimum atomic E-state index is -0.0203. The van der Waals surface area contributed by atoms with Crippen LogP contribution in [0.3, 0.4) is 0 Å². The van der Waals surface area contributed by atoms with Crippen molar-refractivity contribution in [1.29, 1.82) is 0 Å². The smallest absolute Gasteiger partial charge is 0.0619 e. The molecule has 4 aliphatic rings. The summed E-state index contributed by atoms with van der Waals surface area (Å²) in [6.07, 6.45) is 18.6. The number of rotatable bonds is 6. The second-order valence-electron chi connectivity index (χ2n) is 14.4. The minimum absolute atomic E-state index is 0.0203. The summed E-state index contributed by atoms with van der Waals surface area (Å²) in [5.74, 6) is 5.57. The van der Waals surface area contributed by atoms with E-state index in [0.29, 0.717) is 16.9 Å². The lowest BCUT2D eigenvalue weighted by molar-refractivity contribution is -0.0955. The molecule has 0 heterocycles. The molecule has 184 valence electrons. The molecule has 4 rings (SSSR count). The number of ether oxygens (including phenoxy) is 1. The fourth-order valence-corrected chi connectivity index (χ4v) is 9.25. The van der Waals surface area contributed by atoms with Gasteiger partial charge in [0.15, 0.2) is 0 Å². The molecule has 1 nitrogen and oxygen atoms in total. The highest BCUT2D eigenvalue weighted by Gasteiger charge is 2.59. The van der Waals surface area contributed by atoms with Gasteiger partial charge in [-0.15, -0.1) is 0 Å². The molecule has 1 unspecified atom stereocenters. The molecule has 0 aromatic heterocycles. The third kappa shape index (κ3) is 4.63. The summed E-state index contributed by atoms with van der Waals surface area (Å²) in [4.78, 5) is 0. The largest absolute Gasteiger partial charge is 0.372 e. The highest BCUT2D eigenvalue weighted by Crippen LogP contribution is 2.67. The monoisotopic (exact) mass is 442 g/mol. The fraction of sp³-hybridized carbons (Fsp3) is 0.935. The van der Waals surface area contributed by atoms with Gasteiger partial charge in [-0.25, -0.2) is 0 Å². The summed E-state index contributed by atoms with van der Waals surface area (Å²) in [7, 11) is 0. The lowest BCUT2D eigenvalue weighted by Gasteiger charge is -2.58. The van der Waals surface area contributed by atoms with Crippen molar-refractivity contribution in [2.75, 3.05) is 0 Å². The highest BCUT2D eigenvalue weighted by atomic mass is 16.5. The molecule has 0 saturated heterocycles. The van der Waals surface area contributed by atoms with Crippen LogP contribution in [-0.4, -0.2) is 11.7 Å². The average molecular weight is 443 g/mol. The zero-order valence-corrected chi connectivity index (χ0v) is 22.8. The van der Waals surface area contributed by atoms with E-state index in [4.69, 9.17) is 4.74 Å². The lowest BCUT2D eigenvalue weighted by atomic mass is 9.47. The van der Waals surface area contributed by atoms with Gasteiger partial charge in [0.1, 0.15) is 0 Å². The van der Waals surface area contributed by atoms with Crippen molar-refractivity contribution in [3.05, 3.63) is 11.6 Å². The van der Waals surface area contributed by atoms with Gasteiger partial charge in [0.25, 0.3) is 0 Å². The van der Waals surface area contributed by atoms with Crippen LogP contribution in [0, 0.1) is 46.3 Å². The minimum Gasteiger partial charge on any atom is -0.372 e. The Morgan fingerprint density at radius 2 is 1.72 bits per heavy atom. The molecule has 8 atom stereocenters. The molecule has 0 aliphatic heterocycles. The molecular formula is C31H54O. The van der Waals surface area contributed by atoms with Crippen LogP contribution in [-0.2, 0) is 4.74 Å². The Kier molecular flexibility index (Phi) is 7.02. The molecule has 0 amide bonds. The van der Waals surface area contributed by atoms with E-state index >= 15 is 0 Å². The average Bonchev–Trinajstić information content (AvgIpc) is 3.04. The molecule has 3 saturated carbocycles. The van der Waals surface area contributed by atoms with Crippen LogP contribution in [0.5, 0.6) is 0 Å². The Morgan fingerprint density at radius 3 is 2.41 bits per heavy atom. The summed E-state index contributed by atoms with van der Waals surface area (Å²) >= 11 is 0. The SMILES string of the molecule is CC(C)CCC[C@@H](C)C1CC[C@H]2[C@@H]3CC=C4C[C@@H](OC(C)(C)C)CC[C@]4(C)[C@H]3CC[C@]12C. The van der Waals surface area contributed by atoms with E-state index < -0.39 is 0 Å². The number of hydrogen-bond acceptors (Lipinski definition) is 1. The molecule has 4 aliphatic carbocycles. The number of fused-ring (bicyclic) bond motifs is 5. The van der Waals surface area contributed by atoms with Crippen molar-refractivity contribution in [2.24, 2.45) is 46.3 Å². The van der Waals surface area contributed by atoms with E-state index in [0.717, 1.165) is 35.5 Å². The first-order valence-corrected chi connectivity index (χ1v) is 14.3. The summed E-state index contributed by atoms with van der Waals surface area (Å²) in [6, 6.07) is 0. The zero-order chi connectivity index (χ0) is 23.3. The van der Waals surface area contributed by atoms with Crippen LogP contribution >= 0.6 is 0 Å². The molecule has 0 aromatic carbocycles. The van der Waals surface area contributed by atoms with Gasteiger partial charge in [0.2, 0.25) is 0 Å². The third-order valence-electron chi connectivity index (χ3n) is 10.8. The fourth-order valence-electron chi connectivity index (χ4n) is 9.25. The molecule has 3 fully saturated rings. The Morgan fingerprint density at radius 1 is 0.969 bits per heavy atom. The van der Waals surface area contributed by atoms with Crippen molar-refractivity contribution in [2.45, 2.75) is 138 Å². The highest BCUT2D eigenvalue weighted by molar-refractivity contribution is 5.25. The van der Waals surface area contributed by atoms with Crippen molar-refractivity contribution < 1.29 is 4.74 Å². The second kappa shape index (κ2) is 9.05. The molecule has 0 spiro atoms. The van der Waals surface area contributed by atoms with Gasteiger partial charge < -0.3 is 4.74 Å². The lowest BCUT2D eigenvalue weighted by Crippen LogP contribution is -2.51. The van der Waals surface area contributed by atoms with Crippen LogP contribution in [0.2, 0.25) is 0 Å². The maximum Gasteiger partial charge on any atom is 0.0619 e. The molecule has 0 radical (unpaired) electrons. The Labute approximate surface area is 200 Å². The molecule has 0 aromatic rings. The first-order chi connectivity index (χ1) is 14.9. The van der Waals surface area contributed by atoms with Gasteiger partial charge in [-0.1, -0.05) is 65.5 Å². The summed E-state index contributed by atoms with van der Waals surface area (Å²) in [6.45, 7) is 19.4. The van der Waals surface area contributed by atoms with Crippen molar-refractivity contribution >= 4 is 0 Å². The van der Waals surface area contributed by atoms with Crippen LogP contribution in [0.15, 0.2) is 11.6 Å². The molecular weight excluding hydrogens is 388 g/mol. The molecule has 0 N–H and O–H groups in total. The van der Waals surface area contributed by atoms with Gasteiger partial charge in [-0.05, 0) is 118 Å². The summed E-state index contributed by atoms with van der Waals surface area (Å²) in [5, 5.41) is 0. The van der Waals surface area contributed by atoms with Gasteiger partial charge in [-0.2, -0.15) is 0 Å². The van der Waals surface area contributed by atoms with Crippen molar-refractivity contribution in [1.82, 2.24) is 0 Å². The molecule has 0 bridgehead atoms. The molecule has 32 heavy (non-hydrogen) atoms. The Hall–Kier alpha value is -0.300. The van der Waals surface area contributed by atoms with Crippen LogP contribution < -0.4 is 0 Å². The Bertz CT molecular complexity index is 683. The van der Waals surface area contributed by atoms with Gasteiger partial charge in [0, 0.05) is 0 Å². The van der Waals surface area contributed by atoms with Crippen molar-refractivity contribution in [3.63, 3.8) is 0 Å².